The molecular formula is C11H9NO3S. The van der Waals surface area contributed by atoms with E-state index in [0.717, 1.165) is 17.1 Å². The third-order valence-electron chi connectivity index (χ3n) is 1.87. The van der Waals surface area contributed by atoms with Crippen LogP contribution >= 0.6 is 11.3 Å². The molecule has 0 aliphatic heterocycles. The lowest BCUT2D eigenvalue weighted by Crippen LogP contribution is -1.93. The molecule has 1 N–H and O–H groups in total. The topological polar surface area (TPSA) is 59.4 Å². The first-order valence-electron chi connectivity index (χ1n) is 4.61. The SMILES string of the molecule is O=C(O)c1cnc(COc2ccccc2)s1. The van der Waals surface area contributed by atoms with Crippen LogP contribution in [-0.4, -0.2) is 16.1 Å². The van der Waals surface area contributed by atoms with E-state index in [9.17, 15) is 4.79 Å². The Kier molecular flexibility index (Phi) is 3.16. The molecule has 82 valence electrons. The molecule has 16 heavy (non-hydrogen) atoms. The molecule has 0 fully saturated rings. The second kappa shape index (κ2) is 4.76. The number of carboxylic acids is 1. The number of aromatic carboxylic acids is 1. The van der Waals surface area contributed by atoms with Crippen LogP contribution in [0.2, 0.25) is 0 Å². The van der Waals surface area contributed by atoms with Crippen LogP contribution in [0.4, 0.5) is 0 Å². The van der Waals surface area contributed by atoms with Gasteiger partial charge in [-0.15, -0.1) is 11.3 Å². The van der Waals surface area contributed by atoms with Crippen LogP contribution in [0.3, 0.4) is 0 Å². The van der Waals surface area contributed by atoms with Crippen molar-refractivity contribution in [3.63, 3.8) is 0 Å². The van der Waals surface area contributed by atoms with E-state index in [-0.39, 0.29) is 4.88 Å². The van der Waals surface area contributed by atoms with Crippen LogP contribution in [-0.2, 0) is 6.61 Å². The molecule has 2 rings (SSSR count). The number of carbonyl (C=O) groups is 1. The van der Waals surface area contributed by atoms with Gasteiger partial charge in [-0.25, -0.2) is 9.78 Å². The van der Waals surface area contributed by atoms with Gasteiger partial charge >= 0.3 is 5.97 Å². The third-order valence-corrected chi connectivity index (χ3v) is 2.83. The Balaban J connectivity index is 1.97. The first-order chi connectivity index (χ1) is 7.75. The Morgan fingerprint density at radius 2 is 2.12 bits per heavy atom. The van der Waals surface area contributed by atoms with E-state index in [2.05, 4.69) is 4.98 Å². The highest BCUT2D eigenvalue weighted by Crippen LogP contribution is 2.16. The molecule has 2 aromatic rings. The number of ether oxygens (including phenoxy) is 1. The van der Waals surface area contributed by atoms with Crippen LogP contribution in [0.5, 0.6) is 5.75 Å². The Labute approximate surface area is 96.1 Å². The maximum atomic E-state index is 10.6. The zero-order valence-electron chi connectivity index (χ0n) is 8.29. The van der Waals surface area contributed by atoms with Crippen LogP contribution in [0.25, 0.3) is 0 Å². The Bertz CT molecular complexity index is 481. The van der Waals surface area contributed by atoms with Crippen molar-refractivity contribution in [1.82, 2.24) is 4.98 Å². The van der Waals surface area contributed by atoms with Gasteiger partial charge in [0.05, 0.1) is 6.20 Å². The van der Waals surface area contributed by atoms with Crippen molar-refractivity contribution in [1.29, 1.82) is 0 Å². The van der Waals surface area contributed by atoms with Gasteiger partial charge in [-0.05, 0) is 12.1 Å². The second-order valence-electron chi connectivity index (χ2n) is 3.03. The van der Waals surface area contributed by atoms with E-state index in [1.807, 2.05) is 30.3 Å². The van der Waals surface area contributed by atoms with E-state index in [1.54, 1.807) is 0 Å². The van der Waals surface area contributed by atoms with Gasteiger partial charge < -0.3 is 9.84 Å². The fourth-order valence-electron chi connectivity index (χ4n) is 1.14. The Morgan fingerprint density at radius 3 is 2.75 bits per heavy atom. The van der Waals surface area contributed by atoms with Crippen LogP contribution in [0.1, 0.15) is 14.7 Å². The number of thiazole rings is 1. The third kappa shape index (κ3) is 2.58. The number of para-hydroxylation sites is 1. The van der Waals surface area contributed by atoms with Crippen LogP contribution < -0.4 is 4.74 Å². The summed E-state index contributed by atoms with van der Waals surface area (Å²) in [6.45, 7) is 0.294. The van der Waals surface area contributed by atoms with E-state index in [4.69, 9.17) is 9.84 Å². The van der Waals surface area contributed by atoms with Gasteiger partial charge in [0.1, 0.15) is 22.2 Å². The van der Waals surface area contributed by atoms with Crippen molar-refractivity contribution >= 4 is 17.3 Å². The Hall–Kier alpha value is -1.88. The zero-order chi connectivity index (χ0) is 11.4. The van der Waals surface area contributed by atoms with Crippen molar-refractivity contribution in [2.24, 2.45) is 0 Å². The molecular weight excluding hydrogens is 226 g/mol. The van der Waals surface area contributed by atoms with E-state index in [1.165, 1.54) is 6.20 Å². The second-order valence-corrected chi connectivity index (χ2v) is 4.14. The van der Waals surface area contributed by atoms with E-state index >= 15 is 0 Å². The van der Waals surface area contributed by atoms with Gasteiger partial charge in [-0.3, -0.25) is 0 Å². The van der Waals surface area contributed by atoms with E-state index < -0.39 is 5.97 Å². The van der Waals surface area contributed by atoms with Crippen molar-refractivity contribution in [3.8, 4) is 5.75 Å². The molecule has 1 aromatic heterocycles. The minimum atomic E-state index is -0.955. The molecule has 0 saturated heterocycles. The molecule has 0 aliphatic rings. The predicted molar refractivity (Wildman–Crippen MR) is 59.8 cm³/mol. The van der Waals surface area contributed by atoms with Crippen molar-refractivity contribution < 1.29 is 14.6 Å². The molecule has 0 radical (unpaired) electrons. The summed E-state index contributed by atoms with van der Waals surface area (Å²) in [6, 6.07) is 9.33. The number of carboxylic acid groups (broad SMARTS) is 1. The number of nitrogens with zero attached hydrogens (tertiary/aromatic N) is 1. The average molecular weight is 235 g/mol. The van der Waals surface area contributed by atoms with Crippen molar-refractivity contribution in [2.75, 3.05) is 0 Å². The van der Waals surface area contributed by atoms with Gasteiger partial charge in [0, 0.05) is 0 Å². The van der Waals surface area contributed by atoms with Crippen molar-refractivity contribution in [3.05, 3.63) is 46.4 Å². The average Bonchev–Trinajstić information content (AvgIpc) is 2.76. The lowest BCUT2D eigenvalue weighted by molar-refractivity contribution is 0.0702. The number of hydrogen-bond donors (Lipinski definition) is 1. The van der Waals surface area contributed by atoms with Crippen LogP contribution in [0.15, 0.2) is 36.5 Å². The van der Waals surface area contributed by atoms with Gasteiger partial charge in [-0.2, -0.15) is 0 Å². The van der Waals surface area contributed by atoms with Gasteiger partial charge in [0.2, 0.25) is 0 Å². The summed E-state index contributed by atoms with van der Waals surface area (Å²) in [5.41, 5.74) is 0. The summed E-state index contributed by atoms with van der Waals surface area (Å²) in [5, 5.41) is 9.37. The lowest BCUT2D eigenvalue weighted by Gasteiger charge is -2.02. The van der Waals surface area contributed by atoms with E-state index in [0.29, 0.717) is 11.6 Å². The molecule has 0 atom stereocenters. The quantitative estimate of drug-likeness (QED) is 0.884. The minimum Gasteiger partial charge on any atom is -0.486 e. The number of aromatic nitrogens is 1. The number of rotatable bonds is 4. The zero-order valence-corrected chi connectivity index (χ0v) is 9.11. The summed E-state index contributed by atoms with van der Waals surface area (Å²) >= 11 is 1.12. The van der Waals surface area contributed by atoms with Crippen LogP contribution in [0, 0.1) is 0 Å². The minimum absolute atomic E-state index is 0.228. The van der Waals surface area contributed by atoms with Gasteiger partial charge in [-0.1, -0.05) is 18.2 Å². The van der Waals surface area contributed by atoms with Gasteiger partial charge in [0.25, 0.3) is 0 Å². The molecule has 4 nitrogen and oxygen atoms in total. The number of benzene rings is 1. The summed E-state index contributed by atoms with van der Waals surface area (Å²) < 4.78 is 5.44. The molecule has 1 heterocycles. The predicted octanol–water partition coefficient (Wildman–Crippen LogP) is 2.42. The maximum absolute atomic E-state index is 10.6. The summed E-state index contributed by atoms with van der Waals surface area (Å²) in [6.07, 6.45) is 1.34. The fourth-order valence-corrected chi connectivity index (χ4v) is 1.81. The molecule has 0 bridgehead atoms. The highest BCUT2D eigenvalue weighted by Gasteiger charge is 2.08. The molecule has 0 unspecified atom stereocenters. The summed E-state index contributed by atoms with van der Waals surface area (Å²) in [7, 11) is 0. The first kappa shape index (κ1) is 10.6. The molecule has 0 spiro atoms. The standard InChI is InChI=1S/C11H9NO3S/c13-11(14)9-6-12-10(16-9)7-15-8-4-2-1-3-5-8/h1-6H,7H2,(H,13,14). The molecule has 0 saturated carbocycles. The largest absolute Gasteiger partial charge is 0.486 e. The first-order valence-corrected chi connectivity index (χ1v) is 5.43. The highest BCUT2D eigenvalue weighted by molar-refractivity contribution is 7.13. The van der Waals surface area contributed by atoms with Gasteiger partial charge in [0.15, 0.2) is 0 Å². The van der Waals surface area contributed by atoms with Crippen molar-refractivity contribution in [2.45, 2.75) is 6.61 Å². The Morgan fingerprint density at radius 1 is 1.38 bits per heavy atom. The summed E-state index contributed by atoms with van der Waals surface area (Å²) in [4.78, 5) is 14.8. The highest BCUT2D eigenvalue weighted by atomic mass is 32.1. The molecule has 5 heteroatoms. The summed E-state index contributed by atoms with van der Waals surface area (Å²) in [5.74, 6) is -0.210. The maximum Gasteiger partial charge on any atom is 0.347 e. The number of hydrogen-bond acceptors (Lipinski definition) is 4. The fraction of sp³-hybridized carbons (Fsp3) is 0.0909. The molecule has 1 aromatic carbocycles. The monoisotopic (exact) mass is 235 g/mol. The molecule has 0 aliphatic carbocycles. The normalized spacial score (nSPS) is 10.0. The lowest BCUT2D eigenvalue weighted by atomic mass is 10.3. The molecule has 0 amide bonds. The smallest absolute Gasteiger partial charge is 0.347 e.